The molecule has 2 aromatic carbocycles. The zero-order valence-corrected chi connectivity index (χ0v) is 16.9. The van der Waals surface area contributed by atoms with E-state index in [4.69, 9.17) is 4.42 Å². The van der Waals surface area contributed by atoms with Crippen molar-refractivity contribution >= 4 is 11.8 Å². The minimum atomic E-state index is -0.485. The van der Waals surface area contributed by atoms with Gasteiger partial charge in [0.05, 0.1) is 0 Å². The van der Waals surface area contributed by atoms with E-state index in [2.05, 4.69) is 19.1 Å². The van der Waals surface area contributed by atoms with E-state index in [0.717, 1.165) is 28.0 Å². The number of aryl methyl sites for hydroxylation is 5. The van der Waals surface area contributed by atoms with Gasteiger partial charge in [-0.1, -0.05) is 35.9 Å². The quantitative estimate of drug-likeness (QED) is 0.587. The lowest BCUT2D eigenvalue weighted by Gasteiger charge is -2.12. The van der Waals surface area contributed by atoms with Gasteiger partial charge in [0.15, 0.2) is 0 Å². The predicted octanol–water partition coefficient (Wildman–Crippen LogP) is 5.58. The van der Waals surface area contributed by atoms with Crippen LogP contribution in [0.15, 0.2) is 56.6 Å². The van der Waals surface area contributed by atoms with Crippen LogP contribution < -0.4 is 5.63 Å². The van der Waals surface area contributed by atoms with Crippen molar-refractivity contribution in [2.24, 2.45) is 0 Å². The van der Waals surface area contributed by atoms with Crippen molar-refractivity contribution in [1.82, 2.24) is 0 Å². The highest BCUT2D eigenvalue weighted by molar-refractivity contribution is 7.99. The maximum atomic E-state index is 12.6. The average molecular weight is 381 g/mol. The number of thioether (sulfide) groups is 1. The third-order valence-corrected chi connectivity index (χ3v) is 5.79. The SMILES string of the molecule is Cc1cc(C)c(-c2c(O)cc(CCSc3ccccc3C)oc2=O)c(C)c1. The molecule has 1 aromatic heterocycles. The Morgan fingerprint density at radius 1 is 0.926 bits per heavy atom. The fourth-order valence-electron chi connectivity index (χ4n) is 3.44. The van der Waals surface area contributed by atoms with Crippen molar-refractivity contribution in [3.63, 3.8) is 0 Å². The molecule has 0 unspecified atom stereocenters. The summed E-state index contributed by atoms with van der Waals surface area (Å²) in [6, 6.07) is 13.8. The number of benzene rings is 2. The molecule has 1 N–H and O–H groups in total. The van der Waals surface area contributed by atoms with E-state index in [1.807, 2.05) is 45.0 Å². The van der Waals surface area contributed by atoms with Gasteiger partial charge < -0.3 is 9.52 Å². The van der Waals surface area contributed by atoms with Gasteiger partial charge in [0.2, 0.25) is 0 Å². The lowest BCUT2D eigenvalue weighted by atomic mass is 9.94. The second kappa shape index (κ2) is 8.05. The van der Waals surface area contributed by atoms with E-state index in [9.17, 15) is 9.90 Å². The van der Waals surface area contributed by atoms with Gasteiger partial charge in [0.25, 0.3) is 0 Å². The van der Waals surface area contributed by atoms with E-state index < -0.39 is 5.63 Å². The highest BCUT2D eigenvalue weighted by Gasteiger charge is 2.17. The summed E-state index contributed by atoms with van der Waals surface area (Å²) < 4.78 is 5.52. The summed E-state index contributed by atoms with van der Waals surface area (Å²) >= 11 is 1.72. The number of hydrogen-bond donors (Lipinski definition) is 1. The van der Waals surface area contributed by atoms with Gasteiger partial charge in [0.1, 0.15) is 17.1 Å². The monoisotopic (exact) mass is 380 g/mol. The van der Waals surface area contributed by atoms with E-state index in [0.29, 0.717) is 12.2 Å². The molecule has 0 radical (unpaired) electrons. The van der Waals surface area contributed by atoms with Crippen molar-refractivity contribution in [2.75, 3.05) is 5.75 Å². The second-order valence-electron chi connectivity index (χ2n) is 6.90. The Morgan fingerprint density at radius 2 is 1.59 bits per heavy atom. The fraction of sp³-hybridized carbons (Fsp3) is 0.261. The third kappa shape index (κ3) is 4.28. The summed E-state index contributed by atoms with van der Waals surface area (Å²) in [5.41, 5.74) is 4.79. The molecule has 0 aliphatic heterocycles. The van der Waals surface area contributed by atoms with Crippen LogP contribution in [0.2, 0.25) is 0 Å². The van der Waals surface area contributed by atoms with Gasteiger partial charge in [-0.3, -0.25) is 0 Å². The molecule has 1 heterocycles. The molecule has 0 spiro atoms. The smallest absolute Gasteiger partial charge is 0.347 e. The topological polar surface area (TPSA) is 50.4 Å². The van der Waals surface area contributed by atoms with Gasteiger partial charge in [-0.2, -0.15) is 0 Å². The first kappa shape index (κ1) is 19.3. The van der Waals surface area contributed by atoms with Crippen molar-refractivity contribution in [3.8, 4) is 16.9 Å². The molecular weight excluding hydrogens is 356 g/mol. The highest BCUT2D eigenvalue weighted by atomic mass is 32.2. The van der Waals surface area contributed by atoms with Crippen LogP contribution in [-0.4, -0.2) is 10.9 Å². The maximum Gasteiger partial charge on any atom is 0.347 e. The van der Waals surface area contributed by atoms with Crippen LogP contribution in [-0.2, 0) is 6.42 Å². The molecule has 0 amide bonds. The molecule has 3 aromatic rings. The van der Waals surface area contributed by atoms with E-state index >= 15 is 0 Å². The zero-order chi connectivity index (χ0) is 19.6. The molecule has 0 atom stereocenters. The molecule has 0 aliphatic rings. The lowest BCUT2D eigenvalue weighted by molar-refractivity contribution is 0.430. The lowest BCUT2D eigenvalue weighted by Crippen LogP contribution is -2.08. The molecule has 0 fully saturated rings. The number of hydrogen-bond acceptors (Lipinski definition) is 4. The van der Waals surface area contributed by atoms with E-state index in [1.165, 1.54) is 10.5 Å². The third-order valence-electron chi connectivity index (χ3n) is 4.61. The van der Waals surface area contributed by atoms with Crippen LogP contribution in [0.3, 0.4) is 0 Å². The van der Waals surface area contributed by atoms with Crippen molar-refractivity contribution in [3.05, 3.63) is 80.9 Å². The Hall–Kier alpha value is -2.46. The largest absolute Gasteiger partial charge is 0.507 e. The second-order valence-corrected chi connectivity index (χ2v) is 8.03. The Bertz CT molecular complexity index is 1010. The van der Waals surface area contributed by atoms with Gasteiger partial charge in [-0.05, 0) is 56.0 Å². The maximum absolute atomic E-state index is 12.6. The van der Waals surface area contributed by atoms with Crippen molar-refractivity contribution in [1.29, 1.82) is 0 Å². The first-order valence-electron chi connectivity index (χ1n) is 8.99. The Morgan fingerprint density at radius 3 is 2.22 bits per heavy atom. The Labute approximate surface area is 164 Å². The minimum absolute atomic E-state index is 0.0165. The van der Waals surface area contributed by atoms with E-state index in [1.54, 1.807) is 17.8 Å². The molecule has 0 aliphatic carbocycles. The van der Waals surface area contributed by atoms with Crippen LogP contribution in [0, 0.1) is 27.7 Å². The van der Waals surface area contributed by atoms with Gasteiger partial charge >= 0.3 is 5.63 Å². The van der Waals surface area contributed by atoms with Crippen molar-refractivity contribution in [2.45, 2.75) is 39.0 Å². The van der Waals surface area contributed by atoms with E-state index in [-0.39, 0.29) is 11.3 Å². The molecule has 0 saturated carbocycles. The van der Waals surface area contributed by atoms with Gasteiger partial charge in [-0.25, -0.2) is 4.79 Å². The summed E-state index contributed by atoms with van der Waals surface area (Å²) in [5, 5.41) is 10.5. The van der Waals surface area contributed by atoms with Crippen LogP contribution in [0.5, 0.6) is 5.75 Å². The molecule has 27 heavy (non-hydrogen) atoms. The molecule has 0 bridgehead atoms. The normalized spacial score (nSPS) is 11.0. The molecule has 4 heteroatoms. The summed E-state index contributed by atoms with van der Waals surface area (Å²) in [6.07, 6.45) is 0.577. The van der Waals surface area contributed by atoms with Crippen LogP contribution in [0.4, 0.5) is 0 Å². The molecular formula is C23H24O3S. The van der Waals surface area contributed by atoms with Crippen LogP contribution >= 0.6 is 11.8 Å². The van der Waals surface area contributed by atoms with Crippen LogP contribution in [0.1, 0.15) is 28.0 Å². The summed E-state index contributed by atoms with van der Waals surface area (Å²) in [5.74, 6) is 1.26. The zero-order valence-electron chi connectivity index (χ0n) is 16.1. The first-order chi connectivity index (χ1) is 12.9. The highest BCUT2D eigenvalue weighted by Crippen LogP contribution is 2.33. The molecule has 0 saturated heterocycles. The van der Waals surface area contributed by atoms with Crippen LogP contribution in [0.25, 0.3) is 11.1 Å². The molecule has 140 valence electrons. The predicted molar refractivity (Wildman–Crippen MR) is 112 cm³/mol. The summed E-state index contributed by atoms with van der Waals surface area (Å²) in [4.78, 5) is 13.8. The fourth-order valence-corrected chi connectivity index (χ4v) is 4.43. The Kier molecular flexibility index (Phi) is 5.76. The molecule has 3 rings (SSSR count). The van der Waals surface area contributed by atoms with Gasteiger partial charge in [-0.15, -0.1) is 11.8 Å². The Balaban J connectivity index is 1.84. The van der Waals surface area contributed by atoms with Gasteiger partial charge in [0, 0.05) is 23.1 Å². The minimum Gasteiger partial charge on any atom is -0.507 e. The van der Waals surface area contributed by atoms with Crippen molar-refractivity contribution < 1.29 is 9.52 Å². The first-order valence-corrected chi connectivity index (χ1v) is 9.98. The number of rotatable bonds is 5. The number of aromatic hydroxyl groups is 1. The summed E-state index contributed by atoms with van der Waals surface area (Å²) in [6.45, 7) is 7.98. The molecule has 3 nitrogen and oxygen atoms in total. The average Bonchev–Trinajstić information content (AvgIpc) is 2.58. The summed E-state index contributed by atoms with van der Waals surface area (Å²) in [7, 11) is 0. The standard InChI is InChI=1S/C23H24O3S/c1-14-11-16(3)21(17(4)12-14)22-19(24)13-18(26-23(22)25)9-10-27-20-8-6-5-7-15(20)2/h5-8,11-13,24H,9-10H2,1-4H3.